The number of hydrogen-bond acceptors (Lipinski definition) is 5. The van der Waals surface area contributed by atoms with Gasteiger partial charge in [0.2, 0.25) is 5.95 Å². The Morgan fingerprint density at radius 2 is 0.906 bits per heavy atom. The summed E-state index contributed by atoms with van der Waals surface area (Å²) in [6.07, 6.45) is 0. The molecule has 64 heavy (non-hydrogen) atoms. The van der Waals surface area contributed by atoms with Crippen molar-refractivity contribution in [3.63, 3.8) is 0 Å². The van der Waals surface area contributed by atoms with Crippen LogP contribution in [0.4, 0.5) is 0 Å². The monoisotopic (exact) mass is 820 g/mol. The fraction of sp³-hybridized carbons (Fsp3) is 0.0517. The Morgan fingerprint density at radius 3 is 1.62 bits per heavy atom. The third-order valence-corrected chi connectivity index (χ3v) is 13.7. The summed E-state index contributed by atoms with van der Waals surface area (Å²) in [4.78, 5) is 16.2. The van der Waals surface area contributed by atoms with E-state index in [9.17, 15) is 0 Å². The van der Waals surface area contributed by atoms with Crippen LogP contribution in [0.25, 0.3) is 127 Å². The first-order valence-electron chi connectivity index (χ1n) is 21.8. The molecule has 1 aliphatic carbocycles. The van der Waals surface area contributed by atoms with E-state index in [0.717, 1.165) is 93.1 Å². The van der Waals surface area contributed by atoms with Crippen LogP contribution in [-0.2, 0) is 5.41 Å². The van der Waals surface area contributed by atoms with Gasteiger partial charge in [0.15, 0.2) is 11.6 Å². The molecular formula is C58H36N4O2. The van der Waals surface area contributed by atoms with E-state index in [2.05, 4.69) is 164 Å². The Balaban J connectivity index is 1.10. The number of rotatable bonds is 4. The van der Waals surface area contributed by atoms with Gasteiger partial charge in [-0.25, -0.2) is 4.98 Å². The van der Waals surface area contributed by atoms with Gasteiger partial charge >= 0.3 is 0 Å². The van der Waals surface area contributed by atoms with E-state index in [1.807, 2.05) is 36.4 Å². The summed E-state index contributed by atoms with van der Waals surface area (Å²) in [6.45, 7) is 4.68. The maximum atomic E-state index is 6.42. The van der Waals surface area contributed by atoms with Crippen molar-refractivity contribution in [1.29, 1.82) is 0 Å². The Labute approximate surface area is 366 Å². The lowest BCUT2D eigenvalue weighted by molar-refractivity contribution is 0.660. The van der Waals surface area contributed by atoms with Gasteiger partial charge in [-0.05, 0) is 69.6 Å². The predicted octanol–water partition coefficient (Wildman–Crippen LogP) is 15.2. The largest absolute Gasteiger partial charge is 0.456 e. The second-order valence-electron chi connectivity index (χ2n) is 17.5. The zero-order valence-electron chi connectivity index (χ0n) is 34.9. The molecule has 6 nitrogen and oxygen atoms in total. The average Bonchev–Trinajstić information content (AvgIpc) is 4.07. The molecular weight excluding hydrogens is 785 g/mol. The average molecular weight is 821 g/mol. The molecule has 0 unspecified atom stereocenters. The molecule has 0 spiro atoms. The fourth-order valence-electron chi connectivity index (χ4n) is 10.7. The Kier molecular flexibility index (Phi) is 7.08. The highest BCUT2D eigenvalue weighted by Gasteiger charge is 2.37. The van der Waals surface area contributed by atoms with Gasteiger partial charge in [-0.3, -0.25) is 4.57 Å². The van der Waals surface area contributed by atoms with Crippen molar-refractivity contribution in [1.82, 2.24) is 19.5 Å². The van der Waals surface area contributed by atoms with E-state index in [1.54, 1.807) is 0 Å². The molecule has 0 fully saturated rings. The zero-order valence-corrected chi connectivity index (χ0v) is 34.9. The highest BCUT2D eigenvalue weighted by atomic mass is 16.3. The second-order valence-corrected chi connectivity index (χ2v) is 17.5. The Morgan fingerprint density at radius 1 is 0.391 bits per heavy atom. The summed E-state index contributed by atoms with van der Waals surface area (Å²) >= 11 is 0. The van der Waals surface area contributed by atoms with Gasteiger partial charge in [-0.15, -0.1) is 0 Å². The minimum atomic E-state index is -0.154. The summed E-state index contributed by atoms with van der Waals surface area (Å²) in [5.74, 6) is 1.60. The molecule has 0 amide bonds. The normalized spacial score (nSPS) is 13.3. The van der Waals surface area contributed by atoms with Crippen LogP contribution in [0.1, 0.15) is 25.0 Å². The van der Waals surface area contributed by atoms with Crippen molar-refractivity contribution in [2.24, 2.45) is 0 Å². The first-order chi connectivity index (χ1) is 31.5. The molecule has 0 saturated carbocycles. The fourth-order valence-corrected chi connectivity index (χ4v) is 10.7. The van der Waals surface area contributed by atoms with Crippen LogP contribution in [0.15, 0.2) is 191 Å². The van der Waals surface area contributed by atoms with Crippen molar-refractivity contribution in [2.45, 2.75) is 19.3 Å². The SMILES string of the molecule is CC1(C)c2ccccc2-c2c(-c3cccc4c5ccc6ccccc6c5n(-c5nc(-c6ccc7c(c6)oc6ccccc67)nc(-c6ccc7c(c6)oc6ccccc67)n5)c34)cccc21. The summed E-state index contributed by atoms with van der Waals surface area (Å²) in [5, 5.41) is 8.73. The van der Waals surface area contributed by atoms with Crippen LogP contribution in [0.3, 0.4) is 0 Å². The van der Waals surface area contributed by atoms with Crippen LogP contribution in [0, 0.1) is 0 Å². The third-order valence-electron chi connectivity index (χ3n) is 13.7. The number of para-hydroxylation sites is 3. The number of benzene rings is 9. The van der Waals surface area contributed by atoms with Crippen LogP contribution >= 0.6 is 0 Å². The minimum Gasteiger partial charge on any atom is -0.456 e. The standard InChI is InChI=1S/C58H36N4O2/c1-58(2)46-21-8-5-17-45(46)52-41(18-12-22-47(52)58)42-19-11-20-43-44-30-25-33-13-3-4-14-36(33)53(44)62(54(42)43)57-60-55(34-26-28-39-37-15-6-9-23-48(37)63-50(39)31-34)59-56(61-57)35-27-29-40-38-16-7-10-24-49(38)64-51(40)32-35/h3-32H,1-2H3. The van der Waals surface area contributed by atoms with Crippen LogP contribution in [0.5, 0.6) is 0 Å². The molecule has 300 valence electrons. The number of nitrogens with zero attached hydrogens (tertiary/aromatic N) is 4. The topological polar surface area (TPSA) is 69.9 Å². The van der Waals surface area contributed by atoms with E-state index >= 15 is 0 Å². The molecule has 13 aromatic rings. The van der Waals surface area contributed by atoms with Crippen molar-refractivity contribution < 1.29 is 8.83 Å². The molecule has 4 heterocycles. The lowest BCUT2D eigenvalue weighted by Crippen LogP contribution is -2.14. The van der Waals surface area contributed by atoms with E-state index in [1.165, 1.54) is 27.8 Å². The molecule has 0 radical (unpaired) electrons. The molecule has 0 N–H and O–H groups in total. The van der Waals surface area contributed by atoms with Crippen molar-refractivity contribution >= 4 is 76.5 Å². The molecule has 6 heteroatoms. The number of furan rings is 2. The van der Waals surface area contributed by atoms with Crippen LogP contribution in [0.2, 0.25) is 0 Å². The first kappa shape index (κ1) is 35.3. The summed E-state index contributed by atoms with van der Waals surface area (Å²) in [7, 11) is 0. The molecule has 4 aromatic heterocycles. The highest BCUT2D eigenvalue weighted by molar-refractivity contribution is 6.21. The van der Waals surface area contributed by atoms with Gasteiger partial charge in [-0.1, -0.05) is 159 Å². The van der Waals surface area contributed by atoms with E-state index in [-0.39, 0.29) is 5.41 Å². The Bertz CT molecular complexity index is 4000. The van der Waals surface area contributed by atoms with Crippen molar-refractivity contribution in [3.05, 3.63) is 193 Å². The van der Waals surface area contributed by atoms with Gasteiger partial charge in [0.1, 0.15) is 22.3 Å². The number of fused-ring (bicyclic) bond motifs is 14. The highest BCUT2D eigenvalue weighted by Crippen LogP contribution is 2.53. The quantitative estimate of drug-likeness (QED) is 0.177. The van der Waals surface area contributed by atoms with Gasteiger partial charge < -0.3 is 8.83 Å². The van der Waals surface area contributed by atoms with E-state index in [4.69, 9.17) is 23.8 Å². The van der Waals surface area contributed by atoms with E-state index < -0.39 is 0 Å². The minimum absolute atomic E-state index is 0.154. The molecule has 0 saturated heterocycles. The predicted molar refractivity (Wildman–Crippen MR) is 260 cm³/mol. The Hall–Kier alpha value is -8.35. The number of aromatic nitrogens is 4. The summed E-state index contributed by atoms with van der Waals surface area (Å²) in [5.41, 5.74) is 14.3. The smallest absolute Gasteiger partial charge is 0.238 e. The van der Waals surface area contributed by atoms with Crippen LogP contribution < -0.4 is 0 Å². The second kappa shape index (κ2) is 12.8. The van der Waals surface area contributed by atoms with Gasteiger partial charge in [0.25, 0.3) is 0 Å². The van der Waals surface area contributed by atoms with E-state index in [0.29, 0.717) is 17.6 Å². The lowest BCUT2D eigenvalue weighted by atomic mass is 9.82. The number of hydrogen-bond donors (Lipinski definition) is 0. The molecule has 9 aromatic carbocycles. The molecule has 0 aliphatic heterocycles. The molecule has 1 aliphatic rings. The summed E-state index contributed by atoms with van der Waals surface area (Å²) < 4.78 is 15.1. The lowest BCUT2D eigenvalue weighted by Gasteiger charge is -2.21. The van der Waals surface area contributed by atoms with Gasteiger partial charge in [0.05, 0.1) is 11.0 Å². The zero-order chi connectivity index (χ0) is 42.3. The first-order valence-corrected chi connectivity index (χ1v) is 21.8. The van der Waals surface area contributed by atoms with Gasteiger partial charge in [-0.2, -0.15) is 9.97 Å². The van der Waals surface area contributed by atoms with Crippen molar-refractivity contribution in [2.75, 3.05) is 0 Å². The third kappa shape index (κ3) is 4.88. The molecule has 0 bridgehead atoms. The summed E-state index contributed by atoms with van der Waals surface area (Å²) in [6, 6.07) is 64.2. The van der Waals surface area contributed by atoms with Gasteiger partial charge in [0, 0.05) is 59.8 Å². The maximum absolute atomic E-state index is 6.42. The molecule has 0 atom stereocenters. The van der Waals surface area contributed by atoms with Crippen molar-refractivity contribution in [3.8, 4) is 51.0 Å². The molecule has 14 rings (SSSR count). The van der Waals surface area contributed by atoms with Crippen LogP contribution in [-0.4, -0.2) is 19.5 Å². The maximum Gasteiger partial charge on any atom is 0.238 e.